The van der Waals surface area contributed by atoms with E-state index in [1.165, 1.54) is 18.2 Å². The Morgan fingerprint density at radius 2 is 1.71 bits per heavy atom. The SMILES string of the molecule is Fc1ccc(-c2cc(Cn3ccc4nc(-c5cccc(Cl)c5F)nc-4c3)on2)c(C(F)(F)F)c1. The fourth-order valence-corrected chi connectivity index (χ4v) is 3.69. The fraction of sp³-hybridized carbons (Fsp3) is 0.0870. The monoisotopic (exact) mass is 490 g/mol. The Bertz CT molecular complexity index is 1480. The van der Waals surface area contributed by atoms with Gasteiger partial charge in [-0.25, -0.2) is 18.7 Å². The van der Waals surface area contributed by atoms with Crippen molar-refractivity contribution in [3.63, 3.8) is 0 Å². The molecule has 0 aliphatic carbocycles. The summed E-state index contributed by atoms with van der Waals surface area (Å²) in [6.45, 7) is 0.124. The maximum atomic E-state index is 14.3. The first-order chi connectivity index (χ1) is 16.2. The third-order valence-corrected chi connectivity index (χ3v) is 5.37. The van der Waals surface area contributed by atoms with Crippen LogP contribution in [0.1, 0.15) is 11.3 Å². The molecule has 2 aliphatic heterocycles. The average Bonchev–Trinajstić information content (AvgIpc) is 3.42. The number of benzene rings is 2. The largest absolute Gasteiger partial charge is 0.417 e. The first kappa shape index (κ1) is 22.0. The first-order valence-electron chi connectivity index (χ1n) is 9.79. The lowest BCUT2D eigenvalue weighted by Crippen LogP contribution is -2.07. The molecular formula is C23H12ClF5N4O. The highest BCUT2D eigenvalue weighted by Gasteiger charge is 2.35. The van der Waals surface area contributed by atoms with Gasteiger partial charge in [-0.2, -0.15) is 13.2 Å². The van der Waals surface area contributed by atoms with Crippen molar-refractivity contribution in [2.24, 2.45) is 0 Å². The number of hydrogen-bond acceptors (Lipinski definition) is 4. The quantitative estimate of drug-likeness (QED) is 0.263. The van der Waals surface area contributed by atoms with Gasteiger partial charge in [0.25, 0.3) is 0 Å². The minimum Gasteiger partial charge on any atom is -0.359 e. The first-order valence-corrected chi connectivity index (χ1v) is 10.2. The zero-order chi connectivity index (χ0) is 24.0. The Balaban J connectivity index is 1.43. The lowest BCUT2D eigenvalue weighted by Gasteiger charge is -2.10. The molecule has 2 aromatic carbocycles. The molecule has 0 N–H and O–H groups in total. The number of alkyl halides is 3. The second-order valence-corrected chi connectivity index (χ2v) is 7.81. The van der Waals surface area contributed by atoms with E-state index < -0.39 is 23.4 Å². The molecule has 0 amide bonds. The van der Waals surface area contributed by atoms with Crippen LogP contribution in [0.4, 0.5) is 22.0 Å². The van der Waals surface area contributed by atoms with Crippen molar-refractivity contribution in [1.29, 1.82) is 0 Å². The van der Waals surface area contributed by atoms with Gasteiger partial charge in [0.05, 0.1) is 28.4 Å². The van der Waals surface area contributed by atoms with Crippen LogP contribution in [0.2, 0.25) is 5.02 Å². The number of rotatable bonds is 4. The minimum atomic E-state index is -4.76. The summed E-state index contributed by atoms with van der Waals surface area (Å²) >= 11 is 5.83. The molecule has 5 nitrogen and oxygen atoms in total. The van der Waals surface area contributed by atoms with Gasteiger partial charge in [0.1, 0.15) is 17.2 Å². The van der Waals surface area contributed by atoms with E-state index in [1.54, 1.807) is 29.1 Å². The van der Waals surface area contributed by atoms with Crippen molar-refractivity contribution in [3.8, 4) is 34.0 Å². The molecule has 11 heteroatoms. The zero-order valence-corrected chi connectivity index (χ0v) is 17.7. The number of fused-ring (bicyclic) bond motifs is 1. The van der Waals surface area contributed by atoms with Crippen molar-refractivity contribution in [2.45, 2.75) is 12.7 Å². The molecule has 0 atom stereocenters. The lowest BCUT2D eigenvalue weighted by molar-refractivity contribution is -0.137. The molecule has 0 unspecified atom stereocenters. The normalized spacial score (nSPS) is 11.9. The second-order valence-electron chi connectivity index (χ2n) is 7.40. The molecule has 2 aliphatic rings. The van der Waals surface area contributed by atoms with Crippen LogP contribution in [0, 0.1) is 11.6 Å². The van der Waals surface area contributed by atoms with Crippen LogP contribution in [-0.4, -0.2) is 19.7 Å². The molecule has 0 saturated heterocycles. The fourth-order valence-electron chi connectivity index (χ4n) is 3.52. The molecule has 5 rings (SSSR count). The van der Waals surface area contributed by atoms with Gasteiger partial charge in [-0.1, -0.05) is 22.8 Å². The van der Waals surface area contributed by atoms with Gasteiger partial charge in [-0.15, -0.1) is 0 Å². The van der Waals surface area contributed by atoms with E-state index in [9.17, 15) is 22.0 Å². The Morgan fingerprint density at radius 3 is 2.50 bits per heavy atom. The van der Waals surface area contributed by atoms with Crippen molar-refractivity contribution in [1.82, 2.24) is 19.7 Å². The molecule has 34 heavy (non-hydrogen) atoms. The Labute approximate surface area is 193 Å². The van der Waals surface area contributed by atoms with Crippen LogP contribution in [0.25, 0.3) is 34.0 Å². The summed E-state index contributed by atoms with van der Waals surface area (Å²) < 4.78 is 74.5. The van der Waals surface area contributed by atoms with Crippen LogP contribution in [0.3, 0.4) is 0 Å². The Hall–Kier alpha value is -3.79. The van der Waals surface area contributed by atoms with Crippen LogP contribution >= 0.6 is 11.6 Å². The van der Waals surface area contributed by atoms with Gasteiger partial charge in [0.2, 0.25) is 0 Å². The molecule has 0 fully saturated rings. The Kier molecular flexibility index (Phi) is 5.32. The molecule has 3 aromatic rings. The average molecular weight is 491 g/mol. The molecule has 3 heterocycles. The topological polar surface area (TPSA) is 56.7 Å². The lowest BCUT2D eigenvalue weighted by atomic mass is 10.0. The van der Waals surface area contributed by atoms with E-state index in [0.717, 1.165) is 12.1 Å². The van der Waals surface area contributed by atoms with Gasteiger partial charge in [-0.3, -0.25) is 0 Å². The summed E-state index contributed by atoms with van der Waals surface area (Å²) in [5.74, 6) is -1.19. The summed E-state index contributed by atoms with van der Waals surface area (Å²) in [4.78, 5) is 8.67. The second kappa shape index (κ2) is 8.21. The predicted octanol–water partition coefficient (Wildman–Crippen LogP) is 6.70. The number of nitrogens with zero attached hydrogens (tertiary/aromatic N) is 4. The molecule has 0 saturated carbocycles. The highest BCUT2D eigenvalue weighted by Crippen LogP contribution is 2.37. The van der Waals surface area contributed by atoms with E-state index in [-0.39, 0.29) is 40.0 Å². The maximum Gasteiger partial charge on any atom is 0.417 e. The van der Waals surface area contributed by atoms with Crippen LogP contribution in [0.15, 0.2) is 65.4 Å². The molecule has 172 valence electrons. The smallest absolute Gasteiger partial charge is 0.359 e. The van der Waals surface area contributed by atoms with E-state index in [1.807, 2.05) is 0 Å². The maximum absolute atomic E-state index is 14.3. The van der Waals surface area contributed by atoms with E-state index in [0.29, 0.717) is 17.5 Å². The number of aromatic nitrogens is 4. The third kappa shape index (κ3) is 4.12. The molecule has 0 radical (unpaired) electrons. The summed E-state index contributed by atoms with van der Waals surface area (Å²) in [5.41, 5.74) is -0.362. The standard InChI is InChI=1S/C23H12ClF5N4O/c24-17-3-1-2-15(21(17)26)22-30-18-6-7-33(11-20(18)31-22)10-13-9-19(32-34-13)14-5-4-12(25)8-16(14)23(27,28)29/h1-9,11H,10H2. The van der Waals surface area contributed by atoms with Crippen molar-refractivity contribution < 1.29 is 26.5 Å². The number of pyridine rings is 1. The van der Waals surface area contributed by atoms with Crippen LogP contribution < -0.4 is 0 Å². The molecule has 0 bridgehead atoms. The van der Waals surface area contributed by atoms with Gasteiger partial charge in [-0.05, 0) is 36.4 Å². The summed E-state index contributed by atoms with van der Waals surface area (Å²) in [6.07, 6.45) is -1.46. The molecular weight excluding hydrogens is 479 g/mol. The van der Waals surface area contributed by atoms with Crippen LogP contribution in [0.5, 0.6) is 0 Å². The van der Waals surface area contributed by atoms with Crippen molar-refractivity contribution in [2.75, 3.05) is 0 Å². The van der Waals surface area contributed by atoms with Crippen molar-refractivity contribution >= 4 is 11.6 Å². The van der Waals surface area contributed by atoms with Gasteiger partial charge in [0.15, 0.2) is 17.4 Å². The summed E-state index contributed by atoms with van der Waals surface area (Å²) in [6, 6.07) is 9.90. The zero-order valence-electron chi connectivity index (χ0n) is 16.9. The predicted molar refractivity (Wildman–Crippen MR) is 113 cm³/mol. The van der Waals surface area contributed by atoms with Gasteiger partial charge < -0.3 is 9.09 Å². The van der Waals surface area contributed by atoms with Crippen molar-refractivity contribution in [3.05, 3.63) is 88.9 Å². The van der Waals surface area contributed by atoms with Gasteiger partial charge in [0, 0.05) is 24.0 Å². The van der Waals surface area contributed by atoms with E-state index in [2.05, 4.69) is 15.1 Å². The number of halogens is 6. The number of imidazole rings is 1. The van der Waals surface area contributed by atoms with E-state index >= 15 is 0 Å². The molecule has 1 aromatic heterocycles. The third-order valence-electron chi connectivity index (χ3n) is 5.08. The Morgan fingerprint density at radius 1 is 0.912 bits per heavy atom. The van der Waals surface area contributed by atoms with Crippen LogP contribution in [-0.2, 0) is 12.7 Å². The highest BCUT2D eigenvalue weighted by atomic mass is 35.5. The number of hydrogen-bond donors (Lipinski definition) is 0. The summed E-state index contributed by atoms with van der Waals surface area (Å²) in [7, 11) is 0. The molecule has 0 spiro atoms. The minimum absolute atomic E-state index is 0.0441. The van der Waals surface area contributed by atoms with Gasteiger partial charge >= 0.3 is 6.18 Å². The highest BCUT2D eigenvalue weighted by molar-refractivity contribution is 6.31. The summed E-state index contributed by atoms with van der Waals surface area (Å²) in [5, 5.41) is 3.67. The van der Waals surface area contributed by atoms with E-state index in [4.69, 9.17) is 16.1 Å².